The van der Waals surface area contributed by atoms with Crippen molar-refractivity contribution in [2.24, 2.45) is 7.05 Å². The summed E-state index contributed by atoms with van der Waals surface area (Å²) in [5.41, 5.74) is 0. The van der Waals surface area contributed by atoms with Crippen LogP contribution in [0.2, 0.25) is 0 Å². The molecule has 1 fully saturated rings. The number of alkyl halides is 2. The van der Waals surface area contributed by atoms with Crippen LogP contribution < -0.4 is 0 Å². The van der Waals surface area contributed by atoms with Crippen LogP contribution in [0.3, 0.4) is 0 Å². The van der Waals surface area contributed by atoms with Crippen molar-refractivity contribution in [3.05, 3.63) is 11.6 Å². The predicted molar refractivity (Wildman–Crippen MR) is 43.8 cm³/mol. The molecule has 0 amide bonds. The first-order valence-electron chi connectivity index (χ1n) is 4.40. The minimum Gasteiger partial charge on any atom is -0.388 e. The van der Waals surface area contributed by atoms with Gasteiger partial charge in [0.25, 0.3) is 0 Å². The van der Waals surface area contributed by atoms with Crippen molar-refractivity contribution < 1.29 is 13.9 Å². The molecule has 6 heteroatoms. The highest BCUT2D eigenvalue weighted by molar-refractivity contribution is 5.08. The maximum absolute atomic E-state index is 12.6. The van der Waals surface area contributed by atoms with Crippen LogP contribution >= 0.6 is 0 Å². The SMILES string of the molecule is Cn1c(CO)nnc1C1CC(F)(F)C1. The molecule has 0 unspecified atom stereocenters. The summed E-state index contributed by atoms with van der Waals surface area (Å²) in [5, 5.41) is 16.3. The maximum atomic E-state index is 12.6. The third-order valence-corrected chi connectivity index (χ3v) is 2.60. The van der Waals surface area contributed by atoms with Gasteiger partial charge < -0.3 is 9.67 Å². The Labute approximate surface area is 79.6 Å². The van der Waals surface area contributed by atoms with Gasteiger partial charge in [0, 0.05) is 25.8 Å². The molecule has 1 saturated carbocycles. The average Bonchev–Trinajstić information content (AvgIpc) is 2.42. The fraction of sp³-hybridized carbons (Fsp3) is 0.750. The van der Waals surface area contributed by atoms with Crippen LogP contribution in [0.25, 0.3) is 0 Å². The van der Waals surface area contributed by atoms with E-state index in [1.165, 1.54) is 0 Å². The van der Waals surface area contributed by atoms with E-state index in [2.05, 4.69) is 10.2 Å². The first kappa shape index (κ1) is 9.51. The molecular formula is C8H11F2N3O. The second-order valence-electron chi connectivity index (χ2n) is 3.65. The smallest absolute Gasteiger partial charge is 0.249 e. The van der Waals surface area contributed by atoms with Gasteiger partial charge in [-0.15, -0.1) is 10.2 Å². The van der Waals surface area contributed by atoms with E-state index in [1.54, 1.807) is 11.6 Å². The number of halogens is 2. The number of hydrogen-bond donors (Lipinski definition) is 1. The van der Waals surface area contributed by atoms with Gasteiger partial charge in [-0.1, -0.05) is 0 Å². The summed E-state index contributed by atoms with van der Waals surface area (Å²) in [5.74, 6) is -1.81. The van der Waals surface area contributed by atoms with Crippen LogP contribution in [0.1, 0.15) is 30.4 Å². The molecule has 1 N–H and O–H groups in total. The molecule has 1 heterocycles. The molecule has 0 radical (unpaired) electrons. The molecule has 1 aromatic heterocycles. The van der Waals surface area contributed by atoms with E-state index < -0.39 is 5.92 Å². The first-order chi connectivity index (χ1) is 6.53. The van der Waals surface area contributed by atoms with Crippen molar-refractivity contribution in [1.29, 1.82) is 0 Å². The van der Waals surface area contributed by atoms with Crippen LogP contribution in [0.15, 0.2) is 0 Å². The number of aromatic nitrogens is 3. The van der Waals surface area contributed by atoms with Gasteiger partial charge in [-0.25, -0.2) is 8.78 Å². The van der Waals surface area contributed by atoms with Gasteiger partial charge in [0.1, 0.15) is 12.4 Å². The molecule has 0 aromatic carbocycles. The lowest BCUT2D eigenvalue weighted by atomic mass is 9.81. The Morgan fingerprint density at radius 1 is 1.50 bits per heavy atom. The van der Waals surface area contributed by atoms with E-state index in [-0.39, 0.29) is 25.4 Å². The quantitative estimate of drug-likeness (QED) is 0.774. The number of aliphatic hydroxyl groups is 1. The normalized spacial score (nSPS) is 20.9. The topological polar surface area (TPSA) is 50.9 Å². The third kappa shape index (κ3) is 1.39. The lowest BCUT2D eigenvalue weighted by Gasteiger charge is -2.33. The molecule has 1 aliphatic carbocycles. The molecule has 78 valence electrons. The van der Waals surface area contributed by atoms with Crippen molar-refractivity contribution in [3.8, 4) is 0 Å². The van der Waals surface area contributed by atoms with Crippen molar-refractivity contribution >= 4 is 0 Å². The van der Waals surface area contributed by atoms with E-state index >= 15 is 0 Å². The molecule has 14 heavy (non-hydrogen) atoms. The zero-order chi connectivity index (χ0) is 10.3. The van der Waals surface area contributed by atoms with E-state index in [1.807, 2.05) is 0 Å². The molecule has 0 saturated heterocycles. The molecule has 2 rings (SSSR count). The summed E-state index contributed by atoms with van der Waals surface area (Å²) in [6.07, 6.45) is -0.325. The largest absolute Gasteiger partial charge is 0.388 e. The molecule has 0 bridgehead atoms. The van der Waals surface area contributed by atoms with Crippen molar-refractivity contribution in [1.82, 2.24) is 14.8 Å². The second kappa shape index (κ2) is 2.98. The van der Waals surface area contributed by atoms with Gasteiger partial charge in [0.15, 0.2) is 5.82 Å². The maximum Gasteiger partial charge on any atom is 0.249 e. The van der Waals surface area contributed by atoms with E-state index in [4.69, 9.17) is 5.11 Å². The summed E-state index contributed by atoms with van der Waals surface area (Å²) in [4.78, 5) is 0. The lowest BCUT2D eigenvalue weighted by Crippen LogP contribution is -2.35. The van der Waals surface area contributed by atoms with Crippen LogP contribution in [0.4, 0.5) is 8.78 Å². The van der Waals surface area contributed by atoms with Crippen LogP contribution in [-0.2, 0) is 13.7 Å². The predicted octanol–water partition coefficient (Wildman–Crippen LogP) is 0.820. The molecule has 1 aromatic rings. The Hall–Kier alpha value is -1.04. The highest BCUT2D eigenvalue weighted by Crippen LogP contribution is 2.47. The van der Waals surface area contributed by atoms with Gasteiger partial charge >= 0.3 is 0 Å². The zero-order valence-corrected chi connectivity index (χ0v) is 7.74. The van der Waals surface area contributed by atoms with Crippen molar-refractivity contribution in [3.63, 3.8) is 0 Å². The first-order valence-corrected chi connectivity index (χ1v) is 4.40. The van der Waals surface area contributed by atoms with E-state index in [0.717, 1.165) is 0 Å². The monoisotopic (exact) mass is 203 g/mol. The minimum atomic E-state index is -2.55. The second-order valence-corrected chi connectivity index (χ2v) is 3.65. The summed E-state index contributed by atoms with van der Waals surface area (Å²) >= 11 is 0. The van der Waals surface area contributed by atoms with Crippen LogP contribution in [0, 0.1) is 0 Å². The number of hydrogen-bond acceptors (Lipinski definition) is 3. The molecule has 4 nitrogen and oxygen atoms in total. The summed E-state index contributed by atoms with van der Waals surface area (Å²) in [7, 11) is 1.68. The van der Waals surface area contributed by atoms with Gasteiger partial charge in [-0.3, -0.25) is 0 Å². The van der Waals surface area contributed by atoms with E-state index in [0.29, 0.717) is 11.6 Å². The minimum absolute atomic E-state index is 0.162. The molecular weight excluding hydrogens is 192 g/mol. The van der Waals surface area contributed by atoms with Crippen LogP contribution in [0.5, 0.6) is 0 Å². The fourth-order valence-electron chi connectivity index (χ4n) is 1.71. The molecule has 0 aliphatic heterocycles. The zero-order valence-electron chi connectivity index (χ0n) is 7.74. The Kier molecular flexibility index (Phi) is 2.02. The Morgan fingerprint density at radius 3 is 2.57 bits per heavy atom. The summed E-state index contributed by atoms with van der Waals surface area (Å²) in [6, 6.07) is 0. The van der Waals surface area contributed by atoms with E-state index in [9.17, 15) is 8.78 Å². The molecule has 1 aliphatic rings. The Morgan fingerprint density at radius 2 is 2.14 bits per heavy atom. The number of rotatable bonds is 2. The van der Waals surface area contributed by atoms with Gasteiger partial charge in [0.2, 0.25) is 5.92 Å². The van der Waals surface area contributed by atoms with Crippen molar-refractivity contribution in [2.75, 3.05) is 0 Å². The standard InChI is InChI=1S/C8H11F2N3O/c1-13-6(4-14)11-12-7(13)5-2-8(9,10)3-5/h5,14H,2-4H2,1H3. The summed E-state index contributed by atoms with van der Waals surface area (Å²) in [6.45, 7) is -0.216. The summed E-state index contributed by atoms with van der Waals surface area (Å²) < 4.78 is 26.8. The molecule has 0 atom stereocenters. The highest BCUT2D eigenvalue weighted by atomic mass is 19.3. The molecule has 0 spiro atoms. The van der Waals surface area contributed by atoms with Crippen molar-refractivity contribution in [2.45, 2.75) is 31.3 Å². The van der Waals surface area contributed by atoms with Gasteiger partial charge in [-0.2, -0.15) is 0 Å². The number of nitrogens with zero attached hydrogens (tertiary/aromatic N) is 3. The highest BCUT2D eigenvalue weighted by Gasteiger charge is 2.47. The van der Waals surface area contributed by atoms with Crippen LogP contribution in [-0.4, -0.2) is 25.8 Å². The van der Waals surface area contributed by atoms with Gasteiger partial charge in [0.05, 0.1) is 0 Å². The lowest BCUT2D eigenvalue weighted by molar-refractivity contribution is -0.0890. The van der Waals surface area contributed by atoms with Gasteiger partial charge in [-0.05, 0) is 0 Å². The Bertz CT molecular complexity index is 342. The average molecular weight is 203 g/mol. The number of aliphatic hydroxyl groups excluding tert-OH is 1. The fourth-order valence-corrected chi connectivity index (χ4v) is 1.71. The third-order valence-electron chi connectivity index (χ3n) is 2.60. The Balaban J connectivity index is 2.15.